The number of nitriles is 1. The summed E-state index contributed by atoms with van der Waals surface area (Å²) in [6, 6.07) is 4.36. The maximum absolute atomic E-state index is 9.43. The summed E-state index contributed by atoms with van der Waals surface area (Å²) >= 11 is 0. The van der Waals surface area contributed by atoms with Gasteiger partial charge in [-0.15, -0.1) is 0 Å². The lowest BCUT2D eigenvalue weighted by Crippen LogP contribution is -2.52. The van der Waals surface area contributed by atoms with Gasteiger partial charge in [0.15, 0.2) is 0 Å². The molecule has 1 saturated heterocycles. The van der Waals surface area contributed by atoms with Gasteiger partial charge < -0.3 is 9.64 Å². The van der Waals surface area contributed by atoms with Crippen molar-refractivity contribution in [2.24, 2.45) is 0 Å². The van der Waals surface area contributed by atoms with E-state index in [0.29, 0.717) is 5.56 Å². The van der Waals surface area contributed by atoms with E-state index in [0.717, 1.165) is 38.2 Å². The second-order valence-corrected chi connectivity index (χ2v) is 6.50. The maximum atomic E-state index is 9.43. The van der Waals surface area contributed by atoms with Gasteiger partial charge in [-0.1, -0.05) is 0 Å². The first kappa shape index (κ1) is 13.4. The molecule has 1 aliphatic heterocycles. The van der Waals surface area contributed by atoms with Crippen molar-refractivity contribution in [2.45, 2.75) is 51.7 Å². The van der Waals surface area contributed by atoms with Crippen LogP contribution in [0, 0.1) is 11.3 Å². The van der Waals surface area contributed by atoms with Crippen molar-refractivity contribution in [1.82, 2.24) is 4.98 Å². The third kappa shape index (κ3) is 2.38. The molecule has 3 rings (SSSR count). The lowest BCUT2D eigenvalue weighted by Gasteiger charge is -2.42. The summed E-state index contributed by atoms with van der Waals surface area (Å²) in [5.41, 5.74) is 2.93. The normalized spacial score (nSPS) is 24.3. The number of ether oxygens (including phenoxy) is 1. The van der Waals surface area contributed by atoms with E-state index in [9.17, 15) is 5.26 Å². The second kappa shape index (κ2) is 4.75. The fraction of sp³-hybridized carbons (Fsp3) is 0.625. The number of hydrogen-bond acceptors (Lipinski definition) is 4. The van der Waals surface area contributed by atoms with Crippen LogP contribution >= 0.6 is 0 Å². The Bertz CT molecular complexity index is 574. The van der Waals surface area contributed by atoms with Gasteiger partial charge in [0.1, 0.15) is 11.9 Å². The molecule has 20 heavy (non-hydrogen) atoms. The fourth-order valence-electron chi connectivity index (χ4n) is 3.40. The molecule has 2 aliphatic rings. The number of morpholine rings is 1. The Morgan fingerprint density at radius 3 is 2.95 bits per heavy atom. The molecule has 1 fully saturated rings. The molecule has 0 N–H and O–H groups in total. The van der Waals surface area contributed by atoms with Crippen LogP contribution in [-0.4, -0.2) is 29.8 Å². The van der Waals surface area contributed by atoms with Gasteiger partial charge in [-0.05, 0) is 51.7 Å². The predicted molar refractivity (Wildman–Crippen MR) is 77.8 cm³/mol. The number of nitrogens with zero attached hydrogens (tertiary/aromatic N) is 3. The molecule has 1 aromatic heterocycles. The molecule has 0 spiro atoms. The summed E-state index contributed by atoms with van der Waals surface area (Å²) in [6.07, 6.45) is 3.40. The van der Waals surface area contributed by atoms with Crippen molar-refractivity contribution in [1.29, 1.82) is 5.26 Å². The van der Waals surface area contributed by atoms with Crippen molar-refractivity contribution < 1.29 is 4.74 Å². The molecule has 0 amide bonds. The van der Waals surface area contributed by atoms with Gasteiger partial charge in [-0.25, -0.2) is 4.98 Å². The van der Waals surface area contributed by atoms with Gasteiger partial charge in [0.05, 0.1) is 17.3 Å². The molecule has 4 nitrogen and oxygen atoms in total. The lowest BCUT2D eigenvalue weighted by molar-refractivity contribution is -0.0751. The molecule has 1 aromatic rings. The maximum Gasteiger partial charge on any atom is 0.147 e. The van der Waals surface area contributed by atoms with Gasteiger partial charge in [0.2, 0.25) is 0 Å². The third-order valence-corrected chi connectivity index (χ3v) is 4.02. The summed E-state index contributed by atoms with van der Waals surface area (Å²) < 4.78 is 5.94. The van der Waals surface area contributed by atoms with Gasteiger partial charge >= 0.3 is 0 Å². The van der Waals surface area contributed by atoms with Crippen molar-refractivity contribution >= 4 is 5.82 Å². The molecular formula is C16H21N3O. The van der Waals surface area contributed by atoms with Gasteiger partial charge in [0.25, 0.3) is 0 Å². The smallest absolute Gasteiger partial charge is 0.147 e. The van der Waals surface area contributed by atoms with E-state index in [-0.39, 0.29) is 11.7 Å². The highest BCUT2D eigenvalue weighted by Crippen LogP contribution is 2.30. The SMILES string of the molecule is CC1CN(c2nc3c(cc2C#N)CCC3)CC(C)(C)O1. The zero-order valence-electron chi connectivity index (χ0n) is 12.4. The van der Waals surface area contributed by atoms with Crippen LogP contribution < -0.4 is 4.90 Å². The Labute approximate surface area is 120 Å². The molecule has 0 radical (unpaired) electrons. The number of aryl methyl sites for hydroxylation is 2. The molecule has 0 aromatic carbocycles. The molecule has 0 saturated carbocycles. The van der Waals surface area contributed by atoms with Crippen LogP contribution in [0.25, 0.3) is 0 Å². The van der Waals surface area contributed by atoms with E-state index in [4.69, 9.17) is 9.72 Å². The zero-order chi connectivity index (χ0) is 14.3. The van der Waals surface area contributed by atoms with E-state index < -0.39 is 0 Å². The van der Waals surface area contributed by atoms with Crippen molar-refractivity contribution in [3.8, 4) is 6.07 Å². The Balaban J connectivity index is 1.99. The summed E-state index contributed by atoms with van der Waals surface area (Å²) in [6.45, 7) is 7.83. The molecule has 0 bridgehead atoms. The second-order valence-electron chi connectivity index (χ2n) is 6.50. The Morgan fingerprint density at radius 2 is 2.25 bits per heavy atom. The molecule has 1 atom stereocenters. The minimum absolute atomic E-state index is 0.153. The van der Waals surface area contributed by atoms with Crippen LogP contribution in [0.4, 0.5) is 5.82 Å². The standard InChI is InChI=1S/C16H21N3O/c1-11-9-19(10-16(2,3)20-11)15-13(8-17)7-12-5-4-6-14(12)18-15/h7,11H,4-6,9-10H2,1-3H3. The Morgan fingerprint density at radius 1 is 1.45 bits per heavy atom. The molecule has 1 unspecified atom stereocenters. The monoisotopic (exact) mass is 271 g/mol. The number of rotatable bonds is 1. The highest BCUT2D eigenvalue weighted by molar-refractivity contribution is 5.57. The zero-order valence-corrected chi connectivity index (χ0v) is 12.4. The number of anilines is 1. The van der Waals surface area contributed by atoms with Crippen molar-refractivity contribution in [2.75, 3.05) is 18.0 Å². The van der Waals surface area contributed by atoms with E-state index in [1.807, 2.05) is 6.07 Å². The molecule has 2 heterocycles. The highest BCUT2D eigenvalue weighted by atomic mass is 16.5. The van der Waals surface area contributed by atoms with Crippen LogP contribution in [0.2, 0.25) is 0 Å². The number of hydrogen-bond donors (Lipinski definition) is 0. The topological polar surface area (TPSA) is 49.2 Å². The predicted octanol–water partition coefficient (Wildman–Crippen LogP) is 2.45. The Hall–Kier alpha value is -1.60. The van der Waals surface area contributed by atoms with E-state index in [1.54, 1.807) is 0 Å². The van der Waals surface area contributed by atoms with Crippen LogP contribution in [0.5, 0.6) is 0 Å². The van der Waals surface area contributed by atoms with E-state index >= 15 is 0 Å². The third-order valence-electron chi connectivity index (χ3n) is 4.02. The van der Waals surface area contributed by atoms with Crippen LogP contribution in [0.3, 0.4) is 0 Å². The first-order valence-electron chi connectivity index (χ1n) is 7.34. The number of aromatic nitrogens is 1. The molecule has 4 heteroatoms. The number of fused-ring (bicyclic) bond motifs is 1. The average molecular weight is 271 g/mol. The van der Waals surface area contributed by atoms with E-state index in [2.05, 4.69) is 31.7 Å². The molecular weight excluding hydrogens is 250 g/mol. The lowest BCUT2D eigenvalue weighted by atomic mass is 10.0. The van der Waals surface area contributed by atoms with Crippen LogP contribution in [0.15, 0.2) is 6.07 Å². The molecule has 1 aliphatic carbocycles. The van der Waals surface area contributed by atoms with Gasteiger partial charge in [-0.2, -0.15) is 5.26 Å². The summed E-state index contributed by atoms with van der Waals surface area (Å²) in [4.78, 5) is 7.01. The Kier molecular flexibility index (Phi) is 3.18. The van der Waals surface area contributed by atoms with Crippen molar-refractivity contribution in [3.05, 3.63) is 22.9 Å². The quantitative estimate of drug-likeness (QED) is 0.787. The largest absolute Gasteiger partial charge is 0.369 e. The molecule has 106 valence electrons. The van der Waals surface area contributed by atoms with Gasteiger partial charge in [-0.3, -0.25) is 0 Å². The first-order valence-corrected chi connectivity index (χ1v) is 7.34. The summed E-state index contributed by atoms with van der Waals surface area (Å²) in [5, 5.41) is 9.43. The van der Waals surface area contributed by atoms with E-state index in [1.165, 1.54) is 11.3 Å². The highest BCUT2D eigenvalue weighted by Gasteiger charge is 2.33. The first-order chi connectivity index (χ1) is 9.48. The van der Waals surface area contributed by atoms with Gasteiger partial charge in [0, 0.05) is 18.8 Å². The van der Waals surface area contributed by atoms with Crippen LogP contribution in [-0.2, 0) is 17.6 Å². The number of pyridine rings is 1. The minimum Gasteiger partial charge on any atom is -0.369 e. The van der Waals surface area contributed by atoms with Crippen molar-refractivity contribution in [3.63, 3.8) is 0 Å². The summed E-state index contributed by atoms with van der Waals surface area (Å²) in [7, 11) is 0. The summed E-state index contributed by atoms with van der Waals surface area (Å²) in [5.74, 6) is 0.844. The average Bonchev–Trinajstić information content (AvgIpc) is 2.81. The fourth-order valence-corrected chi connectivity index (χ4v) is 3.40. The van der Waals surface area contributed by atoms with Crippen LogP contribution in [0.1, 0.15) is 44.0 Å². The minimum atomic E-state index is -0.203.